The highest BCUT2D eigenvalue weighted by Crippen LogP contribution is 2.31. The van der Waals surface area contributed by atoms with Crippen LogP contribution in [0.4, 0.5) is 0 Å². The van der Waals surface area contributed by atoms with Crippen LogP contribution < -0.4 is 19.6 Å². The number of hydrogen-bond acceptors (Lipinski definition) is 6. The number of hydrazone groups is 1. The molecule has 1 unspecified atom stereocenters. The summed E-state index contributed by atoms with van der Waals surface area (Å²) < 4.78 is 17.4. The lowest BCUT2D eigenvalue weighted by Crippen LogP contribution is -2.42. The van der Waals surface area contributed by atoms with Gasteiger partial charge in [-0.1, -0.05) is 51.8 Å². The highest BCUT2D eigenvalue weighted by molar-refractivity contribution is 9.10. The largest absolute Gasteiger partial charge is 0.485 e. The van der Waals surface area contributed by atoms with E-state index < -0.39 is 18.0 Å². The van der Waals surface area contributed by atoms with Gasteiger partial charge in [0.2, 0.25) is 6.10 Å². The second kappa shape index (κ2) is 9.84. The van der Waals surface area contributed by atoms with Crippen LogP contribution in [0.2, 0.25) is 5.02 Å². The summed E-state index contributed by atoms with van der Waals surface area (Å²) in [6.07, 6.45) is 0.525. The van der Waals surface area contributed by atoms with Gasteiger partial charge in [-0.25, -0.2) is 10.2 Å². The number of rotatable bonds is 5. The van der Waals surface area contributed by atoms with Crippen LogP contribution in [0.25, 0.3) is 0 Å². The van der Waals surface area contributed by atoms with Gasteiger partial charge >= 0.3 is 5.97 Å². The van der Waals surface area contributed by atoms with Gasteiger partial charge in [0.15, 0.2) is 11.5 Å². The monoisotopic (exact) mass is 514 g/mol. The van der Waals surface area contributed by atoms with E-state index >= 15 is 0 Å². The first kappa shape index (κ1) is 21.9. The number of esters is 1. The molecule has 1 heterocycles. The second-order valence-corrected chi connectivity index (χ2v) is 7.97. The lowest BCUT2D eigenvalue weighted by Gasteiger charge is -2.24. The summed E-state index contributed by atoms with van der Waals surface area (Å²) in [4.78, 5) is 24.9. The van der Waals surface area contributed by atoms with Crippen LogP contribution >= 0.6 is 27.5 Å². The van der Waals surface area contributed by atoms with Crippen LogP contribution in [-0.2, 0) is 4.79 Å². The zero-order valence-corrected chi connectivity index (χ0v) is 18.8. The van der Waals surface area contributed by atoms with E-state index in [2.05, 4.69) is 26.5 Å². The molecular formula is C23H16BrClN2O5. The quantitative estimate of drug-likeness (QED) is 0.232. The maximum Gasteiger partial charge on any atom is 0.345 e. The fraction of sp³-hybridized carbons (Fsp3) is 0.0870. The van der Waals surface area contributed by atoms with Gasteiger partial charge in [0, 0.05) is 10.0 Å². The number of nitrogens with one attached hydrogen (secondary N) is 1. The zero-order valence-electron chi connectivity index (χ0n) is 16.5. The van der Waals surface area contributed by atoms with Crippen molar-refractivity contribution in [2.24, 2.45) is 5.10 Å². The molecule has 1 aliphatic rings. The summed E-state index contributed by atoms with van der Waals surface area (Å²) in [5, 5.41) is 4.26. The fourth-order valence-corrected chi connectivity index (χ4v) is 3.47. The molecule has 9 heteroatoms. The van der Waals surface area contributed by atoms with Gasteiger partial charge < -0.3 is 14.2 Å². The Balaban J connectivity index is 1.44. The van der Waals surface area contributed by atoms with Gasteiger partial charge in [-0.15, -0.1) is 0 Å². The first-order valence-electron chi connectivity index (χ1n) is 9.49. The van der Waals surface area contributed by atoms with Crippen molar-refractivity contribution in [3.05, 3.63) is 87.4 Å². The maximum atomic E-state index is 12.5. The summed E-state index contributed by atoms with van der Waals surface area (Å²) in [5.41, 5.74) is 3.12. The Morgan fingerprint density at radius 2 is 1.84 bits per heavy atom. The minimum absolute atomic E-state index is 0.0654. The molecule has 0 aliphatic carbocycles. The molecule has 1 N–H and O–H groups in total. The molecule has 0 bridgehead atoms. The molecule has 3 aromatic rings. The number of nitrogens with zero attached hydrogens (tertiary/aromatic N) is 1. The maximum absolute atomic E-state index is 12.5. The molecular weight excluding hydrogens is 500 g/mol. The van der Waals surface area contributed by atoms with Crippen molar-refractivity contribution < 1.29 is 23.8 Å². The topological polar surface area (TPSA) is 86.2 Å². The molecule has 1 atom stereocenters. The SMILES string of the molecule is O=C(Oc1ccc(Br)cc1/C=N\NC(=O)C1COc2ccccc2O1)c1ccccc1Cl. The van der Waals surface area contributed by atoms with E-state index in [1.807, 2.05) is 6.07 Å². The van der Waals surface area contributed by atoms with E-state index in [1.165, 1.54) is 6.21 Å². The molecule has 1 aliphatic heterocycles. The number of halogens is 2. The number of carbonyl (C=O) groups is 2. The van der Waals surface area contributed by atoms with Crippen molar-refractivity contribution in [1.29, 1.82) is 0 Å². The minimum Gasteiger partial charge on any atom is -0.485 e. The lowest BCUT2D eigenvalue weighted by atomic mass is 10.2. The van der Waals surface area contributed by atoms with Crippen LogP contribution in [-0.4, -0.2) is 30.8 Å². The molecule has 162 valence electrons. The summed E-state index contributed by atoms with van der Waals surface area (Å²) in [6, 6.07) is 18.7. The number of hydrogen-bond donors (Lipinski definition) is 1. The zero-order chi connectivity index (χ0) is 22.5. The third kappa shape index (κ3) is 5.09. The molecule has 3 aromatic carbocycles. The van der Waals surface area contributed by atoms with Gasteiger partial charge in [-0.3, -0.25) is 4.79 Å². The smallest absolute Gasteiger partial charge is 0.345 e. The Morgan fingerprint density at radius 3 is 2.66 bits per heavy atom. The van der Waals surface area contributed by atoms with E-state index in [-0.39, 0.29) is 22.9 Å². The molecule has 0 spiro atoms. The number of para-hydroxylation sites is 2. The molecule has 0 saturated carbocycles. The normalized spacial score (nSPS) is 14.8. The summed E-state index contributed by atoms with van der Waals surface area (Å²) in [5.74, 6) is 0.244. The summed E-state index contributed by atoms with van der Waals surface area (Å²) in [7, 11) is 0. The third-order valence-electron chi connectivity index (χ3n) is 4.45. The van der Waals surface area contributed by atoms with E-state index in [1.54, 1.807) is 60.7 Å². The van der Waals surface area contributed by atoms with Gasteiger partial charge in [-0.05, 0) is 42.5 Å². The number of amides is 1. The van der Waals surface area contributed by atoms with E-state index in [4.69, 9.17) is 25.8 Å². The number of carbonyl (C=O) groups excluding carboxylic acids is 2. The third-order valence-corrected chi connectivity index (χ3v) is 5.27. The predicted molar refractivity (Wildman–Crippen MR) is 123 cm³/mol. The molecule has 0 aromatic heterocycles. The molecule has 0 fully saturated rings. The summed E-state index contributed by atoms with van der Waals surface area (Å²) in [6.45, 7) is 0.0654. The first-order valence-corrected chi connectivity index (χ1v) is 10.7. The highest BCUT2D eigenvalue weighted by Gasteiger charge is 2.27. The lowest BCUT2D eigenvalue weighted by molar-refractivity contribution is -0.130. The Bertz CT molecular complexity index is 1200. The molecule has 4 rings (SSSR count). The molecule has 7 nitrogen and oxygen atoms in total. The number of benzene rings is 3. The Morgan fingerprint density at radius 1 is 1.09 bits per heavy atom. The number of ether oxygens (including phenoxy) is 3. The van der Waals surface area contributed by atoms with Gasteiger partial charge in [0.05, 0.1) is 16.8 Å². The first-order chi connectivity index (χ1) is 15.5. The van der Waals surface area contributed by atoms with E-state index in [0.29, 0.717) is 17.1 Å². The van der Waals surface area contributed by atoms with Crippen molar-refractivity contribution >= 4 is 45.6 Å². The van der Waals surface area contributed by atoms with Crippen LogP contribution in [0.5, 0.6) is 17.2 Å². The van der Waals surface area contributed by atoms with Crippen LogP contribution in [0, 0.1) is 0 Å². The van der Waals surface area contributed by atoms with Gasteiger partial charge in [0.25, 0.3) is 5.91 Å². The van der Waals surface area contributed by atoms with Gasteiger partial charge in [0.1, 0.15) is 12.4 Å². The van der Waals surface area contributed by atoms with Crippen molar-refractivity contribution in [3.63, 3.8) is 0 Å². The predicted octanol–water partition coefficient (Wildman–Crippen LogP) is 4.61. The Hall–Kier alpha value is -3.36. The second-order valence-electron chi connectivity index (χ2n) is 6.65. The molecule has 32 heavy (non-hydrogen) atoms. The molecule has 0 saturated heterocycles. The standard InChI is InChI=1S/C23H16BrClN2O5/c24-15-9-10-18(32-23(29)16-5-1-2-6-17(16)25)14(11-15)12-26-27-22(28)21-13-30-19-7-3-4-8-20(19)31-21/h1-12,21H,13H2,(H,27,28)/b26-12-. The van der Waals surface area contributed by atoms with Gasteiger partial charge in [-0.2, -0.15) is 5.10 Å². The minimum atomic E-state index is -0.845. The van der Waals surface area contributed by atoms with Crippen LogP contribution in [0.15, 0.2) is 76.3 Å². The average Bonchev–Trinajstić information content (AvgIpc) is 2.80. The molecule has 1 amide bonds. The summed E-state index contributed by atoms with van der Waals surface area (Å²) >= 11 is 9.44. The van der Waals surface area contributed by atoms with Crippen molar-refractivity contribution in [1.82, 2.24) is 5.43 Å². The van der Waals surface area contributed by atoms with Crippen molar-refractivity contribution in [3.8, 4) is 17.2 Å². The Kier molecular flexibility index (Phi) is 6.72. The van der Waals surface area contributed by atoms with Crippen LogP contribution in [0.3, 0.4) is 0 Å². The highest BCUT2D eigenvalue weighted by atomic mass is 79.9. The van der Waals surface area contributed by atoms with E-state index in [9.17, 15) is 9.59 Å². The average molecular weight is 516 g/mol. The Labute approximate surface area is 197 Å². The van der Waals surface area contributed by atoms with Crippen molar-refractivity contribution in [2.75, 3.05) is 6.61 Å². The molecule has 0 radical (unpaired) electrons. The number of fused-ring (bicyclic) bond motifs is 1. The van der Waals surface area contributed by atoms with Crippen molar-refractivity contribution in [2.45, 2.75) is 6.10 Å². The van der Waals surface area contributed by atoms with E-state index in [0.717, 1.165) is 4.47 Å². The fourth-order valence-electron chi connectivity index (χ4n) is 2.88. The van der Waals surface area contributed by atoms with Crippen LogP contribution in [0.1, 0.15) is 15.9 Å².